The predicted octanol–water partition coefficient (Wildman–Crippen LogP) is -0.459. The van der Waals surface area contributed by atoms with Crippen molar-refractivity contribution in [3.8, 4) is 0 Å². The number of hydrogen-bond acceptors (Lipinski definition) is 5. The lowest BCUT2D eigenvalue weighted by Crippen LogP contribution is -2.13. The minimum Gasteiger partial charge on any atom is -0.467 e. The highest BCUT2D eigenvalue weighted by molar-refractivity contribution is 5.70. The lowest BCUT2D eigenvalue weighted by Gasteiger charge is -2.03. The standard InChI is InChI=1S/C8H17NO4/c1-11-8(10)7-13-5-2-4-12-6-3-9/h2-7,9H2,1H3. The number of rotatable bonds is 8. The van der Waals surface area contributed by atoms with Gasteiger partial charge in [0, 0.05) is 19.8 Å². The van der Waals surface area contributed by atoms with Crippen LogP contribution in [0.15, 0.2) is 0 Å². The molecular weight excluding hydrogens is 174 g/mol. The van der Waals surface area contributed by atoms with E-state index in [-0.39, 0.29) is 12.6 Å². The quantitative estimate of drug-likeness (QED) is 0.415. The average molecular weight is 191 g/mol. The molecule has 0 bridgehead atoms. The first-order valence-corrected chi connectivity index (χ1v) is 4.23. The van der Waals surface area contributed by atoms with E-state index >= 15 is 0 Å². The Hall–Kier alpha value is -0.650. The maximum atomic E-state index is 10.6. The van der Waals surface area contributed by atoms with Crippen LogP contribution >= 0.6 is 0 Å². The van der Waals surface area contributed by atoms with E-state index in [2.05, 4.69) is 4.74 Å². The first kappa shape index (κ1) is 12.3. The van der Waals surface area contributed by atoms with Crippen molar-refractivity contribution in [2.75, 3.05) is 40.1 Å². The highest BCUT2D eigenvalue weighted by atomic mass is 16.6. The first-order valence-electron chi connectivity index (χ1n) is 4.23. The zero-order valence-corrected chi connectivity index (χ0v) is 7.95. The van der Waals surface area contributed by atoms with Gasteiger partial charge in [0.2, 0.25) is 0 Å². The third kappa shape index (κ3) is 9.26. The Morgan fingerprint density at radius 1 is 1.23 bits per heavy atom. The van der Waals surface area contributed by atoms with Crippen LogP contribution in [0.3, 0.4) is 0 Å². The molecule has 0 heterocycles. The number of carbonyl (C=O) groups excluding carboxylic acids is 1. The highest BCUT2D eigenvalue weighted by Gasteiger charge is 1.98. The van der Waals surface area contributed by atoms with E-state index in [9.17, 15) is 4.79 Å². The van der Waals surface area contributed by atoms with Crippen LogP contribution in [0, 0.1) is 0 Å². The molecule has 0 radical (unpaired) electrons. The van der Waals surface area contributed by atoms with Gasteiger partial charge < -0.3 is 19.9 Å². The third-order valence-electron chi connectivity index (χ3n) is 1.29. The predicted molar refractivity (Wildman–Crippen MR) is 47.3 cm³/mol. The maximum Gasteiger partial charge on any atom is 0.331 e. The van der Waals surface area contributed by atoms with Crippen molar-refractivity contribution in [2.24, 2.45) is 5.73 Å². The zero-order chi connectivity index (χ0) is 9.94. The third-order valence-corrected chi connectivity index (χ3v) is 1.29. The second kappa shape index (κ2) is 9.44. The Balaban J connectivity index is 2.95. The molecule has 0 unspecified atom stereocenters. The van der Waals surface area contributed by atoms with Crippen LogP contribution in [-0.2, 0) is 19.0 Å². The molecular formula is C8H17NO4. The molecule has 13 heavy (non-hydrogen) atoms. The van der Waals surface area contributed by atoms with Crippen LogP contribution in [-0.4, -0.2) is 46.1 Å². The van der Waals surface area contributed by atoms with Gasteiger partial charge in [-0.1, -0.05) is 0 Å². The number of nitrogens with two attached hydrogens (primary N) is 1. The first-order chi connectivity index (χ1) is 6.31. The molecule has 0 fully saturated rings. The second-order valence-corrected chi connectivity index (χ2v) is 2.38. The summed E-state index contributed by atoms with van der Waals surface area (Å²) in [4.78, 5) is 10.6. The summed E-state index contributed by atoms with van der Waals surface area (Å²) in [7, 11) is 1.33. The summed E-state index contributed by atoms with van der Waals surface area (Å²) in [6.07, 6.45) is 0.761. The van der Waals surface area contributed by atoms with Gasteiger partial charge in [-0.25, -0.2) is 4.79 Å². The number of esters is 1. The van der Waals surface area contributed by atoms with E-state index in [1.807, 2.05) is 0 Å². The molecule has 0 aromatic rings. The maximum absolute atomic E-state index is 10.6. The van der Waals surface area contributed by atoms with Crippen molar-refractivity contribution in [1.82, 2.24) is 0 Å². The van der Waals surface area contributed by atoms with Crippen molar-refractivity contribution in [3.05, 3.63) is 0 Å². The Labute approximate surface area is 78.1 Å². The van der Waals surface area contributed by atoms with Crippen LogP contribution < -0.4 is 5.73 Å². The van der Waals surface area contributed by atoms with Gasteiger partial charge in [0.05, 0.1) is 13.7 Å². The van der Waals surface area contributed by atoms with Crippen LogP contribution in [0.5, 0.6) is 0 Å². The molecule has 0 saturated heterocycles. The minimum atomic E-state index is -0.358. The highest BCUT2D eigenvalue weighted by Crippen LogP contribution is 1.85. The Morgan fingerprint density at radius 3 is 2.54 bits per heavy atom. The lowest BCUT2D eigenvalue weighted by molar-refractivity contribution is -0.146. The van der Waals surface area contributed by atoms with Gasteiger partial charge in [-0.2, -0.15) is 0 Å². The SMILES string of the molecule is COC(=O)COCCCOCCN. The topological polar surface area (TPSA) is 70.8 Å². The van der Waals surface area contributed by atoms with Gasteiger partial charge in [-0.05, 0) is 6.42 Å². The van der Waals surface area contributed by atoms with Crippen molar-refractivity contribution in [1.29, 1.82) is 0 Å². The van der Waals surface area contributed by atoms with Crippen LogP contribution in [0.2, 0.25) is 0 Å². The largest absolute Gasteiger partial charge is 0.467 e. The molecule has 0 aliphatic rings. The number of methoxy groups -OCH3 is 1. The fraction of sp³-hybridized carbons (Fsp3) is 0.875. The molecule has 0 aliphatic carbocycles. The van der Waals surface area contributed by atoms with Crippen molar-refractivity contribution >= 4 is 5.97 Å². The molecule has 0 saturated carbocycles. The van der Waals surface area contributed by atoms with Crippen molar-refractivity contribution in [2.45, 2.75) is 6.42 Å². The summed E-state index contributed by atoms with van der Waals surface area (Å²) in [5.41, 5.74) is 5.21. The smallest absolute Gasteiger partial charge is 0.331 e. The van der Waals surface area contributed by atoms with Gasteiger partial charge >= 0.3 is 5.97 Å². The zero-order valence-electron chi connectivity index (χ0n) is 7.95. The second-order valence-electron chi connectivity index (χ2n) is 2.38. The average Bonchev–Trinajstić information content (AvgIpc) is 2.16. The van der Waals surface area contributed by atoms with E-state index in [1.165, 1.54) is 7.11 Å². The van der Waals surface area contributed by atoms with E-state index in [1.54, 1.807) is 0 Å². The van der Waals surface area contributed by atoms with Crippen LogP contribution in [0.4, 0.5) is 0 Å². The summed E-state index contributed by atoms with van der Waals surface area (Å²) >= 11 is 0. The molecule has 0 aliphatic heterocycles. The van der Waals surface area contributed by atoms with Crippen LogP contribution in [0.25, 0.3) is 0 Å². The Bertz CT molecular complexity index is 129. The number of carbonyl (C=O) groups is 1. The van der Waals surface area contributed by atoms with Gasteiger partial charge in [0.25, 0.3) is 0 Å². The molecule has 78 valence electrons. The molecule has 0 aromatic heterocycles. The summed E-state index contributed by atoms with van der Waals surface area (Å²) in [5.74, 6) is -0.358. The molecule has 5 heteroatoms. The molecule has 0 rings (SSSR count). The Morgan fingerprint density at radius 2 is 1.92 bits per heavy atom. The molecule has 5 nitrogen and oxygen atoms in total. The van der Waals surface area contributed by atoms with Gasteiger partial charge in [0.1, 0.15) is 6.61 Å². The van der Waals surface area contributed by atoms with Gasteiger partial charge in [0.15, 0.2) is 0 Å². The van der Waals surface area contributed by atoms with E-state index in [4.69, 9.17) is 15.2 Å². The molecule has 0 amide bonds. The van der Waals surface area contributed by atoms with E-state index in [0.717, 1.165) is 6.42 Å². The van der Waals surface area contributed by atoms with Gasteiger partial charge in [-0.3, -0.25) is 0 Å². The fourth-order valence-electron chi connectivity index (χ4n) is 0.663. The summed E-state index contributed by atoms with van der Waals surface area (Å²) < 4.78 is 14.5. The van der Waals surface area contributed by atoms with E-state index in [0.29, 0.717) is 26.4 Å². The summed E-state index contributed by atoms with van der Waals surface area (Å²) in [6.45, 7) is 2.21. The number of ether oxygens (including phenoxy) is 3. The number of hydrogen-bond donors (Lipinski definition) is 1. The molecule has 0 atom stereocenters. The van der Waals surface area contributed by atoms with E-state index < -0.39 is 0 Å². The summed E-state index contributed by atoms with van der Waals surface area (Å²) in [5, 5.41) is 0. The molecule has 2 N–H and O–H groups in total. The van der Waals surface area contributed by atoms with Gasteiger partial charge in [-0.15, -0.1) is 0 Å². The van der Waals surface area contributed by atoms with Crippen molar-refractivity contribution in [3.63, 3.8) is 0 Å². The lowest BCUT2D eigenvalue weighted by atomic mass is 10.5. The fourth-order valence-corrected chi connectivity index (χ4v) is 0.663. The monoisotopic (exact) mass is 191 g/mol. The summed E-state index contributed by atoms with van der Waals surface area (Å²) in [6, 6.07) is 0. The van der Waals surface area contributed by atoms with Crippen LogP contribution in [0.1, 0.15) is 6.42 Å². The minimum absolute atomic E-state index is 0.00733. The normalized spacial score (nSPS) is 10.0. The Kier molecular flexibility index (Phi) is 8.97. The molecule has 0 spiro atoms. The van der Waals surface area contributed by atoms with Crippen molar-refractivity contribution < 1.29 is 19.0 Å². The molecule has 0 aromatic carbocycles.